The van der Waals surface area contributed by atoms with Crippen LogP contribution in [-0.2, 0) is 4.79 Å². The number of carbonyl (C=O) groups excluding carboxylic acids is 1. The van der Waals surface area contributed by atoms with Crippen molar-refractivity contribution in [1.29, 1.82) is 0 Å². The Labute approximate surface area is 192 Å². The van der Waals surface area contributed by atoms with E-state index in [2.05, 4.69) is 60.6 Å². The van der Waals surface area contributed by atoms with Gasteiger partial charge in [0.1, 0.15) is 0 Å². The monoisotopic (exact) mass is 424 g/mol. The number of fused-ring (bicyclic) bond motifs is 5. The van der Waals surface area contributed by atoms with Gasteiger partial charge in [-0.05, 0) is 116 Å². The van der Waals surface area contributed by atoms with Gasteiger partial charge in [0.2, 0.25) is 0 Å². The Hall–Kier alpha value is -0.850. The maximum Gasteiger partial charge on any atom is 0.158 e. The molecular weight excluding hydrogens is 376 g/mol. The fourth-order valence-corrected chi connectivity index (χ4v) is 9.17. The third-order valence-electron chi connectivity index (χ3n) is 11.1. The van der Waals surface area contributed by atoms with Crippen molar-refractivity contribution in [2.24, 2.45) is 52.3 Å². The van der Waals surface area contributed by atoms with Gasteiger partial charge in [0.25, 0.3) is 0 Å². The van der Waals surface area contributed by atoms with E-state index in [1.807, 2.05) is 0 Å². The van der Waals surface area contributed by atoms with Crippen molar-refractivity contribution in [3.05, 3.63) is 23.3 Å². The largest absolute Gasteiger partial charge is 0.295 e. The molecular formula is C30H48O. The molecule has 0 aliphatic heterocycles. The number of hydrogen-bond acceptors (Lipinski definition) is 1. The van der Waals surface area contributed by atoms with Crippen LogP contribution in [0, 0.1) is 52.3 Å². The second-order valence-electron chi connectivity index (χ2n) is 12.6. The molecule has 1 nitrogen and oxygen atoms in total. The summed E-state index contributed by atoms with van der Waals surface area (Å²) >= 11 is 0. The Kier molecular flexibility index (Phi) is 6.39. The Bertz CT molecular complexity index is 756. The van der Waals surface area contributed by atoms with Crippen molar-refractivity contribution < 1.29 is 4.79 Å². The lowest BCUT2D eigenvalue weighted by Gasteiger charge is -2.59. The minimum absolute atomic E-state index is 0.303. The molecule has 3 saturated carbocycles. The standard InChI is InChI=1S/C30H48O/c1-8-22(19(2)3)10-9-20(4)24-13-14-26-23-11-12-25-21(5)28(31)16-18-30(25,7)27(23)15-17-29(24,26)6/h9-10,19-20,22-24,26-27H,8,11-18H2,1-7H3/b10-9+/t20-,22-,23+,24-,26+,27+,29-,30+/m1/s1. The summed E-state index contributed by atoms with van der Waals surface area (Å²) in [5.41, 5.74) is 3.51. The SMILES string of the molecule is CC[C@H](/C=C/[C@@H](C)[C@H]1CC[C@H]2[C@@H]3CCC4=C(C)C(=O)CC[C@]4(C)[C@H]3CC[C@]12C)C(C)C. The molecule has 0 spiro atoms. The Morgan fingerprint density at radius 1 is 0.968 bits per heavy atom. The summed E-state index contributed by atoms with van der Waals surface area (Å²) in [5, 5.41) is 0. The van der Waals surface area contributed by atoms with Crippen molar-refractivity contribution >= 4 is 5.78 Å². The van der Waals surface area contributed by atoms with Crippen molar-refractivity contribution in [2.45, 2.75) is 106 Å². The molecule has 4 aliphatic carbocycles. The van der Waals surface area contributed by atoms with Crippen molar-refractivity contribution in [1.82, 2.24) is 0 Å². The first-order valence-corrected chi connectivity index (χ1v) is 13.5. The van der Waals surface area contributed by atoms with Crippen LogP contribution in [0.25, 0.3) is 0 Å². The molecule has 0 aromatic rings. The van der Waals surface area contributed by atoms with Crippen LogP contribution >= 0.6 is 0 Å². The summed E-state index contributed by atoms with van der Waals surface area (Å²) in [7, 11) is 0. The molecule has 0 amide bonds. The molecule has 0 radical (unpaired) electrons. The fourth-order valence-electron chi connectivity index (χ4n) is 9.17. The van der Waals surface area contributed by atoms with E-state index >= 15 is 0 Å². The zero-order valence-corrected chi connectivity index (χ0v) is 21.5. The average Bonchev–Trinajstić information content (AvgIpc) is 3.08. The number of allylic oxidation sites excluding steroid dienone is 3. The van der Waals surface area contributed by atoms with E-state index in [-0.39, 0.29) is 0 Å². The van der Waals surface area contributed by atoms with E-state index in [9.17, 15) is 4.79 Å². The zero-order valence-electron chi connectivity index (χ0n) is 21.5. The van der Waals surface area contributed by atoms with Crippen LogP contribution in [-0.4, -0.2) is 5.78 Å². The smallest absolute Gasteiger partial charge is 0.158 e. The van der Waals surface area contributed by atoms with Gasteiger partial charge in [-0.3, -0.25) is 4.79 Å². The Balaban J connectivity index is 1.54. The number of hydrogen-bond donors (Lipinski definition) is 0. The van der Waals surface area contributed by atoms with Gasteiger partial charge in [0.05, 0.1) is 0 Å². The van der Waals surface area contributed by atoms with Crippen molar-refractivity contribution in [3.8, 4) is 0 Å². The van der Waals surface area contributed by atoms with Crippen LogP contribution in [0.15, 0.2) is 23.3 Å². The maximum absolute atomic E-state index is 12.4. The molecule has 0 N–H and O–H groups in total. The summed E-state index contributed by atoms with van der Waals surface area (Å²) in [5.74, 6) is 6.04. The van der Waals surface area contributed by atoms with Crippen LogP contribution < -0.4 is 0 Å². The van der Waals surface area contributed by atoms with Crippen molar-refractivity contribution in [3.63, 3.8) is 0 Å². The molecule has 0 saturated heterocycles. The average molecular weight is 425 g/mol. The highest BCUT2D eigenvalue weighted by Gasteiger charge is 2.59. The normalized spacial score (nSPS) is 42.5. The molecule has 1 heteroatoms. The van der Waals surface area contributed by atoms with Gasteiger partial charge in [-0.15, -0.1) is 0 Å². The minimum atomic E-state index is 0.303. The van der Waals surface area contributed by atoms with Gasteiger partial charge >= 0.3 is 0 Å². The van der Waals surface area contributed by atoms with Crippen LogP contribution in [0.1, 0.15) is 106 Å². The van der Waals surface area contributed by atoms with E-state index in [0.717, 1.165) is 53.9 Å². The molecule has 0 unspecified atom stereocenters. The van der Waals surface area contributed by atoms with E-state index in [1.165, 1.54) is 44.9 Å². The molecule has 8 atom stereocenters. The molecule has 174 valence electrons. The molecule has 4 aliphatic rings. The van der Waals surface area contributed by atoms with Crippen LogP contribution in [0.3, 0.4) is 0 Å². The number of Topliss-reactive ketones (excluding diaryl/α,β-unsaturated/α-hetero) is 1. The maximum atomic E-state index is 12.4. The summed E-state index contributed by atoms with van der Waals surface area (Å²) in [6, 6.07) is 0. The highest BCUT2D eigenvalue weighted by Crippen LogP contribution is 2.67. The van der Waals surface area contributed by atoms with Gasteiger partial charge in [-0.2, -0.15) is 0 Å². The molecule has 0 aromatic heterocycles. The molecule has 0 bridgehead atoms. The topological polar surface area (TPSA) is 17.1 Å². The number of carbonyl (C=O) groups is 1. The van der Waals surface area contributed by atoms with E-state index < -0.39 is 0 Å². The van der Waals surface area contributed by atoms with Crippen LogP contribution in [0.4, 0.5) is 0 Å². The first-order chi connectivity index (χ1) is 14.6. The lowest BCUT2D eigenvalue weighted by molar-refractivity contribution is -0.118. The van der Waals surface area contributed by atoms with Crippen molar-refractivity contribution in [2.75, 3.05) is 0 Å². The van der Waals surface area contributed by atoms with E-state index in [4.69, 9.17) is 0 Å². The fraction of sp³-hybridized carbons (Fsp3) is 0.833. The first kappa shape index (κ1) is 23.3. The lowest BCUT2D eigenvalue weighted by Crippen LogP contribution is -2.51. The van der Waals surface area contributed by atoms with Gasteiger partial charge < -0.3 is 0 Å². The van der Waals surface area contributed by atoms with Crippen LogP contribution in [0.5, 0.6) is 0 Å². The predicted octanol–water partition coefficient (Wildman–Crippen LogP) is 8.40. The second kappa shape index (κ2) is 8.49. The molecule has 3 fully saturated rings. The summed E-state index contributed by atoms with van der Waals surface area (Å²) in [6.45, 7) is 16.9. The molecule has 0 aromatic carbocycles. The highest BCUT2D eigenvalue weighted by molar-refractivity contribution is 5.96. The minimum Gasteiger partial charge on any atom is -0.295 e. The summed E-state index contributed by atoms with van der Waals surface area (Å²) < 4.78 is 0. The van der Waals surface area contributed by atoms with Gasteiger partial charge in [0.15, 0.2) is 5.78 Å². The summed E-state index contributed by atoms with van der Waals surface area (Å²) in [6.07, 6.45) is 16.5. The zero-order chi connectivity index (χ0) is 22.6. The predicted molar refractivity (Wildman–Crippen MR) is 132 cm³/mol. The highest BCUT2D eigenvalue weighted by atomic mass is 16.1. The quantitative estimate of drug-likeness (QED) is 0.405. The van der Waals surface area contributed by atoms with Gasteiger partial charge in [0, 0.05) is 6.42 Å². The van der Waals surface area contributed by atoms with E-state index in [0.29, 0.717) is 22.5 Å². The lowest BCUT2D eigenvalue weighted by atomic mass is 9.46. The van der Waals surface area contributed by atoms with E-state index in [1.54, 1.807) is 5.57 Å². The van der Waals surface area contributed by atoms with Gasteiger partial charge in [-0.1, -0.05) is 59.3 Å². The number of rotatable bonds is 5. The molecule has 31 heavy (non-hydrogen) atoms. The van der Waals surface area contributed by atoms with Gasteiger partial charge in [-0.25, -0.2) is 0 Å². The molecule has 0 heterocycles. The second-order valence-corrected chi connectivity index (χ2v) is 12.6. The Morgan fingerprint density at radius 3 is 2.39 bits per heavy atom. The third-order valence-corrected chi connectivity index (χ3v) is 11.1. The third kappa shape index (κ3) is 3.71. The molecule has 4 rings (SSSR count). The van der Waals surface area contributed by atoms with Crippen LogP contribution in [0.2, 0.25) is 0 Å². The number of ketones is 1. The summed E-state index contributed by atoms with van der Waals surface area (Å²) in [4.78, 5) is 12.4. The Morgan fingerprint density at radius 2 is 1.71 bits per heavy atom. The first-order valence-electron chi connectivity index (χ1n) is 13.5.